The SMILES string of the molecule is CCCC(=O)NCc1ccccc1-c1cc(-c2cnc(NC(C)C)s2)nc(NCC(C)O)n1. The molecule has 0 radical (unpaired) electrons. The van der Waals surface area contributed by atoms with Crippen molar-refractivity contribution >= 4 is 28.3 Å². The first-order valence-electron chi connectivity index (χ1n) is 11.2. The van der Waals surface area contributed by atoms with Crippen molar-refractivity contribution in [1.29, 1.82) is 0 Å². The highest BCUT2D eigenvalue weighted by molar-refractivity contribution is 7.18. The molecule has 0 aliphatic rings. The number of aromatic nitrogens is 3. The van der Waals surface area contributed by atoms with E-state index in [-0.39, 0.29) is 11.9 Å². The van der Waals surface area contributed by atoms with Gasteiger partial charge in [-0.3, -0.25) is 4.79 Å². The number of carbonyl (C=O) groups excluding carboxylic acids is 1. The maximum atomic E-state index is 12.0. The monoisotopic (exact) mass is 468 g/mol. The van der Waals surface area contributed by atoms with Crippen molar-refractivity contribution in [3.8, 4) is 21.8 Å². The molecule has 4 N–H and O–H groups in total. The van der Waals surface area contributed by atoms with Gasteiger partial charge in [-0.2, -0.15) is 0 Å². The molecule has 176 valence electrons. The maximum Gasteiger partial charge on any atom is 0.223 e. The quantitative estimate of drug-likeness (QED) is 0.332. The lowest BCUT2D eigenvalue weighted by atomic mass is 10.0. The largest absolute Gasteiger partial charge is 0.392 e. The average Bonchev–Trinajstić information content (AvgIpc) is 3.24. The van der Waals surface area contributed by atoms with Crippen LogP contribution < -0.4 is 16.0 Å². The lowest BCUT2D eigenvalue weighted by Crippen LogP contribution is -2.22. The first-order valence-corrected chi connectivity index (χ1v) is 12.1. The third-order valence-electron chi connectivity index (χ3n) is 4.70. The number of anilines is 2. The second-order valence-corrected chi connectivity index (χ2v) is 9.24. The van der Waals surface area contributed by atoms with Crippen LogP contribution in [0.1, 0.15) is 46.1 Å². The number of rotatable bonds is 11. The summed E-state index contributed by atoms with van der Waals surface area (Å²) in [6, 6.07) is 10.1. The highest BCUT2D eigenvalue weighted by atomic mass is 32.1. The summed E-state index contributed by atoms with van der Waals surface area (Å²) in [7, 11) is 0. The van der Waals surface area contributed by atoms with E-state index in [1.54, 1.807) is 13.1 Å². The molecule has 3 aromatic rings. The van der Waals surface area contributed by atoms with Crippen LogP contribution in [-0.2, 0) is 11.3 Å². The van der Waals surface area contributed by atoms with E-state index in [4.69, 9.17) is 4.98 Å². The number of aliphatic hydroxyl groups is 1. The zero-order valence-electron chi connectivity index (χ0n) is 19.6. The summed E-state index contributed by atoms with van der Waals surface area (Å²) >= 11 is 1.53. The van der Waals surface area contributed by atoms with Gasteiger partial charge in [0.1, 0.15) is 0 Å². The van der Waals surface area contributed by atoms with E-state index in [9.17, 15) is 9.90 Å². The minimum absolute atomic E-state index is 0.0322. The molecule has 0 saturated heterocycles. The molecule has 1 amide bonds. The smallest absolute Gasteiger partial charge is 0.223 e. The summed E-state index contributed by atoms with van der Waals surface area (Å²) in [5, 5.41) is 20.0. The van der Waals surface area contributed by atoms with Gasteiger partial charge in [0.2, 0.25) is 11.9 Å². The van der Waals surface area contributed by atoms with Crippen LogP contribution in [0.4, 0.5) is 11.1 Å². The molecule has 0 fully saturated rings. The number of nitrogens with one attached hydrogen (secondary N) is 3. The van der Waals surface area contributed by atoms with Gasteiger partial charge in [-0.1, -0.05) is 42.5 Å². The molecule has 0 aliphatic heterocycles. The van der Waals surface area contributed by atoms with E-state index >= 15 is 0 Å². The van der Waals surface area contributed by atoms with Crippen LogP contribution in [0.5, 0.6) is 0 Å². The molecule has 1 aromatic carbocycles. The maximum absolute atomic E-state index is 12.0. The summed E-state index contributed by atoms with van der Waals surface area (Å²) in [6.07, 6.45) is 2.58. The Kier molecular flexibility index (Phi) is 8.73. The number of amides is 1. The van der Waals surface area contributed by atoms with E-state index < -0.39 is 6.10 Å². The van der Waals surface area contributed by atoms with Crippen LogP contribution in [0.2, 0.25) is 0 Å². The first-order chi connectivity index (χ1) is 15.9. The molecule has 1 atom stereocenters. The van der Waals surface area contributed by atoms with Crippen molar-refractivity contribution in [3.63, 3.8) is 0 Å². The molecular weight excluding hydrogens is 436 g/mol. The minimum atomic E-state index is -0.535. The molecule has 2 aromatic heterocycles. The Balaban J connectivity index is 1.97. The number of hydrogen-bond acceptors (Lipinski definition) is 8. The van der Waals surface area contributed by atoms with Crippen LogP contribution >= 0.6 is 11.3 Å². The third-order valence-corrected chi connectivity index (χ3v) is 5.65. The van der Waals surface area contributed by atoms with E-state index in [0.717, 1.165) is 38.9 Å². The summed E-state index contributed by atoms with van der Waals surface area (Å²) in [4.78, 5) is 26.7. The molecule has 3 rings (SSSR count). The van der Waals surface area contributed by atoms with Crippen molar-refractivity contribution < 1.29 is 9.90 Å². The number of thiazole rings is 1. The second kappa shape index (κ2) is 11.7. The van der Waals surface area contributed by atoms with Gasteiger partial charge in [0.15, 0.2) is 5.13 Å². The minimum Gasteiger partial charge on any atom is -0.392 e. The molecule has 33 heavy (non-hydrogen) atoms. The Hall–Kier alpha value is -3.04. The highest BCUT2D eigenvalue weighted by Gasteiger charge is 2.15. The highest BCUT2D eigenvalue weighted by Crippen LogP contribution is 2.32. The number of hydrogen-bond donors (Lipinski definition) is 4. The van der Waals surface area contributed by atoms with Crippen LogP contribution in [0.3, 0.4) is 0 Å². The van der Waals surface area contributed by atoms with Crippen molar-refractivity contribution in [3.05, 3.63) is 42.1 Å². The van der Waals surface area contributed by atoms with Gasteiger partial charge in [-0.05, 0) is 38.8 Å². The van der Waals surface area contributed by atoms with Crippen LogP contribution in [-0.4, -0.2) is 44.7 Å². The fourth-order valence-electron chi connectivity index (χ4n) is 3.17. The van der Waals surface area contributed by atoms with Crippen LogP contribution in [0.15, 0.2) is 36.5 Å². The number of carbonyl (C=O) groups is 1. The Labute approximate surface area is 198 Å². The molecule has 1 unspecified atom stereocenters. The van der Waals surface area contributed by atoms with Crippen LogP contribution in [0.25, 0.3) is 21.8 Å². The zero-order chi connectivity index (χ0) is 23.8. The van der Waals surface area contributed by atoms with E-state index in [1.807, 2.05) is 37.3 Å². The molecule has 9 heteroatoms. The summed E-state index contributed by atoms with van der Waals surface area (Å²) in [5.74, 6) is 0.463. The van der Waals surface area contributed by atoms with Gasteiger partial charge in [0.25, 0.3) is 0 Å². The number of nitrogens with zero attached hydrogens (tertiary/aromatic N) is 3. The number of benzene rings is 1. The lowest BCUT2D eigenvalue weighted by Gasteiger charge is -2.13. The van der Waals surface area contributed by atoms with Gasteiger partial charge in [0.05, 0.1) is 22.4 Å². The third kappa shape index (κ3) is 7.23. The van der Waals surface area contributed by atoms with Crippen molar-refractivity contribution in [1.82, 2.24) is 20.3 Å². The fraction of sp³-hybridized carbons (Fsp3) is 0.417. The first kappa shape index (κ1) is 24.6. The van der Waals surface area contributed by atoms with E-state index in [1.165, 1.54) is 11.3 Å². The molecule has 8 nitrogen and oxygen atoms in total. The second-order valence-electron chi connectivity index (χ2n) is 8.20. The Morgan fingerprint density at radius 1 is 1.15 bits per heavy atom. The molecule has 0 bridgehead atoms. The summed E-state index contributed by atoms with van der Waals surface area (Å²) in [5.41, 5.74) is 3.37. The van der Waals surface area contributed by atoms with Crippen molar-refractivity contribution in [2.45, 2.75) is 59.2 Å². The van der Waals surface area contributed by atoms with Gasteiger partial charge in [-0.25, -0.2) is 15.0 Å². The normalized spacial score (nSPS) is 11.9. The van der Waals surface area contributed by atoms with E-state index in [2.05, 4.69) is 39.8 Å². The Morgan fingerprint density at radius 2 is 1.91 bits per heavy atom. The average molecular weight is 469 g/mol. The molecular formula is C24H32N6O2S. The topological polar surface area (TPSA) is 112 Å². The van der Waals surface area contributed by atoms with Gasteiger partial charge < -0.3 is 21.1 Å². The molecule has 0 saturated carbocycles. The van der Waals surface area contributed by atoms with Gasteiger partial charge in [0, 0.05) is 37.3 Å². The Bertz CT molecular complexity index is 1070. The number of aliphatic hydroxyl groups excluding tert-OH is 1. The molecule has 0 spiro atoms. The van der Waals surface area contributed by atoms with Crippen LogP contribution in [0, 0.1) is 0 Å². The molecule has 2 heterocycles. The van der Waals surface area contributed by atoms with Gasteiger partial charge >= 0.3 is 0 Å². The Morgan fingerprint density at radius 3 is 2.64 bits per heavy atom. The standard InChI is InChI=1S/C24H32N6O2S/c1-5-8-22(32)25-13-17-9-6-7-10-18(17)19-11-20(30-23(29-19)26-12-16(4)31)21-14-27-24(33-21)28-15(2)3/h6-7,9-11,14-16,31H,5,8,12-13H2,1-4H3,(H,25,32)(H,27,28)(H,26,29,30). The summed E-state index contributed by atoms with van der Waals surface area (Å²) in [6.45, 7) is 8.59. The predicted octanol–water partition coefficient (Wildman–Crippen LogP) is 4.30. The molecule has 0 aliphatic carbocycles. The van der Waals surface area contributed by atoms with Gasteiger partial charge in [-0.15, -0.1) is 0 Å². The van der Waals surface area contributed by atoms with E-state index in [0.29, 0.717) is 25.5 Å². The lowest BCUT2D eigenvalue weighted by molar-refractivity contribution is -0.121. The predicted molar refractivity (Wildman–Crippen MR) is 134 cm³/mol. The summed E-state index contributed by atoms with van der Waals surface area (Å²) < 4.78 is 0. The van der Waals surface area contributed by atoms with Crippen molar-refractivity contribution in [2.24, 2.45) is 0 Å². The zero-order valence-corrected chi connectivity index (χ0v) is 20.4. The fourth-order valence-corrected chi connectivity index (χ4v) is 4.09. The van der Waals surface area contributed by atoms with Crippen molar-refractivity contribution in [2.75, 3.05) is 17.2 Å².